The Morgan fingerprint density at radius 3 is 2.95 bits per heavy atom. The Kier molecular flexibility index (Phi) is 3.78. The maximum Gasteiger partial charge on any atom is 0.272 e. The van der Waals surface area contributed by atoms with E-state index < -0.39 is 0 Å². The molecule has 1 aliphatic heterocycles. The van der Waals surface area contributed by atoms with Crippen LogP contribution in [0.2, 0.25) is 0 Å². The van der Waals surface area contributed by atoms with Crippen LogP contribution in [0.3, 0.4) is 0 Å². The Labute approximate surface area is 132 Å². The van der Waals surface area contributed by atoms with Crippen LogP contribution in [0.1, 0.15) is 22.5 Å². The highest BCUT2D eigenvalue weighted by molar-refractivity contribution is 6.32. The number of nitrogens with two attached hydrogens (primary N) is 1. The number of aromatic nitrogens is 2. The maximum atomic E-state index is 13.3. The Hall–Kier alpha value is -2.08. The fraction of sp³-hybridized carbons (Fsp3) is 0.333. The first-order valence-corrected chi connectivity index (χ1v) is 7.37. The summed E-state index contributed by atoms with van der Waals surface area (Å²) in [5.74, 6) is -0.0419. The average Bonchev–Trinajstić information content (AvgIpc) is 2.71. The van der Waals surface area contributed by atoms with Gasteiger partial charge in [0.15, 0.2) is 0 Å². The molecule has 0 saturated carbocycles. The van der Waals surface area contributed by atoms with Crippen molar-refractivity contribution in [1.82, 2.24) is 14.7 Å². The molecule has 1 aromatic heterocycles. The molecule has 22 heavy (non-hydrogen) atoms. The van der Waals surface area contributed by atoms with E-state index in [4.69, 9.17) is 17.3 Å². The van der Waals surface area contributed by atoms with Gasteiger partial charge in [0.25, 0.3) is 5.91 Å². The van der Waals surface area contributed by atoms with Gasteiger partial charge in [-0.3, -0.25) is 9.48 Å². The van der Waals surface area contributed by atoms with Crippen LogP contribution >= 0.6 is 11.6 Å². The first-order chi connectivity index (χ1) is 10.5. The molecule has 0 fully saturated rings. The van der Waals surface area contributed by atoms with Gasteiger partial charge in [-0.25, -0.2) is 4.39 Å². The number of fused-ring (bicyclic) bond motifs is 1. The number of amides is 1. The Balaban J connectivity index is 1.97. The minimum atomic E-state index is -0.256. The predicted octanol–water partition coefficient (Wildman–Crippen LogP) is 2.40. The van der Waals surface area contributed by atoms with Crippen molar-refractivity contribution in [3.8, 4) is 0 Å². The van der Waals surface area contributed by atoms with Crippen LogP contribution in [0.15, 0.2) is 34.7 Å². The maximum absolute atomic E-state index is 13.3. The molecule has 0 radical (unpaired) electrons. The molecular weight excluding hydrogens is 307 g/mol. The number of halogens is 2. The summed E-state index contributed by atoms with van der Waals surface area (Å²) in [6.07, 6.45) is 5.13. The highest BCUT2D eigenvalue weighted by atomic mass is 35.5. The molecule has 0 aromatic carbocycles. The van der Waals surface area contributed by atoms with Crippen molar-refractivity contribution in [3.05, 3.63) is 45.9 Å². The normalized spacial score (nSPS) is 18.4. The van der Waals surface area contributed by atoms with Crippen LogP contribution in [0.5, 0.6) is 0 Å². The summed E-state index contributed by atoms with van der Waals surface area (Å²) in [6.45, 7) is 1.21. The fourth-order valence-electron chi connectivity index (χ4n) is 2.62. The van der Waals surface area contributed by atoms with Crippen LogP contribution in [0.4, 0.5) is 10.2 Å². The second kappa shape index (κ2) is 5.61. The third kappa shape index (κ3) is 2.54. The molecule has 2 aliphatic rings. The summed E-state index contributed by atoms with van der Waals surface area (Å²) in [5, 5.41) is 4.68. The molecule has 3 rings (SSSR count). The van der Waals surface area contributed by atoms with Crippen molar-refractivity contribution < 1.29 is 9.18 Å². The quantitative estimate of drug-likeness (QED) is 0.909. The van der Waals surface area contributed by atoms with Gasteiger partial charge in [-0.2, -0.15) is 5.10 Å². The predicted molar refractivity (Wildman–Crippen MR) is 83.1 cm³/mol. The van der Waals surface area contributed by atoms with Crippen LogP contribution in [-0.2, 0) is 13.0 Å². The number of likely N-dealkylation sites (N-methyl/N-ethyl adjacent to an activating group) is 1. The van der Waals surface area contributed by atoms with Crippen molar-refractivity contribution in [3.63, 3.8) is 0 Å². The van der Waals surface area contributed by atoms with E-state index in [1.807, 2.05) is 0 Å². The summed E-state index contributed by atoms with van der Waals surface area (Å²) in [5.41, 5.74) is 7.87. The highest BCUT2D eigenvalue weighted by Crippen LogP contribution is 2.30. The smallest absolute Gasteiger partial charge is 0.272 e. The molecule has 2 N–H and O–H groups in total. The van der Waals surface area contributed by atoms with Crippen molar-refractivity contribution in [2.24, 2.45) is 0 Å². The topological polar surface area (TPSA) is 64.2 Å². The minimum Gasteiger partial charge on any atom is -0.382 e. The summed E-state index contributed by atoms with van der Waals surface area (Å²) in [4.78, 5) is 14.0. The second-order valence-corrected chi connectivity index (χ2v) is 5.81. The zero-order valence-corrected chi connectivity index (χ0v) is 12.9. The molecule has 116 valence electrons. The van der Waals surface area contributed by atoms with Gasteiger partial charge in [0, 0.05) is 37.0 Å². The number of hydrogen-bond acceptors (Lipinski definition) is 3. The Morgan fingerprint density at radius 2 is 2.18 bits per heavy atom. The third-order valence-corrected chi connectivity index (χ3v) is 4.27. The number of hydrogen-bond donors (Lipinski definition) is 1. The number of allylic oxidation sites excluding steroid dienone is 6. The van der Waals surface area contributed by atoms with Gasteiger partial charge in [-0.15, -0.1) is 0 Å². The Bertz CT molecular complexity index is 732. The van der Waals surface area contributed by atoms with E-state index in [9.17, 15) is 9.18 Å². The van der Waals surface area contributed by atoms with Crippen molar-refractivity contribution in [1.29, 1.82) is 0 Å². The number of anilines is 1. The van der Waals surface area contributed by atoms with Crippen LogP contribution in [0.25, 0.3) is 0 Å². The van der Waals surface area contributed by atoms with E-state index >= 15 is 0 Å². The minimum absolute atomic E-state index is 0.107. The lowest BCUT2D eigenvalue weighted by Gasteiger charge is -2.24. The Morgan fingerprint density at radius 1 is 1.41 bits per heavy atom. The van der Waals surface area contributed by atoms with Crippen molar-refractivity contribution in [2.75, 3.05) is 19.3 Å². The SMILES string of the molecule is CN1CCn2nc(N)c(CC3=CCC(F)=CC=C3Cl)c2C1=O. The van der Waals surface area contributed by atoms with Crippen molar-refractivity contribution >= 4 is 23.3 Å². The van der Waals surface area contributed by atoms with Gasteiger partial charge >= 0.3 is 0 Å². The van der Waals surface area contributed by atoms with E-state index in [0.717, 1.165) is 5.57 Å². The van der Waals surface area contributed by atoms with Gasteiger partial charge in [0.1, 0.15) is 17.3 Å². The zero-order chi connectivity index (χ0) is 15.9. The average molecular weight is 323 g/mol. The second-order valence-electron chi connectivity index (χ2n) is 5.40. The highest BCUT2D eigenvalue weighted by Gasteiger charge is 2.29. The molecule has 1 aromatic rings. The summed E-state index contributed by atoms with van der Waals surface area (Å²) in [6, 6.07) is 0. The molecule has 1 aliphatic carbocycles. The van der Waals surface area contributed by atoms with Gasteiger partial charge in [-0.05, 0) is 17.7 Å². The zero-order valence-electron chi connectivity index (χ0n) is 12.1. The molecule has 2 heterocycles. The largest absolute Gasteiger partial charge is 0.382 e. The molecular formula is C15H16ClFN4O. The van der Waals surface area contributed by atoms with Gasteiger partial charge in [-0.1, -0.05) is 17.7 Å². The molecule has 0 spiro atoms. The molecule has 0 atom stereocenters. The number of carbonyl (C=O) groups is 1. The third-order valence-electron chi connectivity index (χ3n) is 3.91. The first-order valence-electron chi connectivity index (χ1n) is 6.99. The van der Waals surface area contributed by atoms with E-state index in [2.05, 4.69) is 5.10 Å². The van der Waals surface area contributed by atoms with E-state index in [-0.39, 0.29) is 18.2 Å². The van der Waals surface area contributed by atoms with Gasteiger partial charge in [0.05, 0.1) is 6.54 Å². The van der Waals surface area contributed by atoms with E-state index in [1.54, 1.807) is 22.7 Å². The van der Waals surface area contributed by atoms with Crippen LogP contribution in [-0.4, -0.2) is 34.2 Å². The summed E-state index contributed by atoms with van der Waals surface area (Å²) < 4.78 is 15.0. The first kappa shape index (κ1) is 14.8. The summed E-state index contributed by atoms with van der Waals surface area (Å²) in [7, 11) is 1.75. The molecule has 0 bridgehead atoms. The van der Waals surface area contributed by atoms with Gasteiger partial charge in [0.2, 0.25) is 0 Å². The molecule has 0 unspecified atom stereocenters. The lowest BCUT2D eigenvalue weighted by atomic mass is 10.0. The monoisotopic (exact) mass is 322 g/mol. The van der Waals surface area contributed by atoms with E-state index in [0.29, 0.717) is 41.6 Å². The molecule has 7 heteroatoms. The molecule has 1 amide bonds. The number of nitrogens with zero attached hydrogens (tertiary/aromatic N) is 3. The molecule has 0 saturated heterocycles. The lowest BCUT2D eigenvalue weighted by Crippen LogP contribution is -2.38. The number of nitrogen functional groups attached to an aromatic ring is 1. The van der Waals surface area contributed by atoms with Crippen LogP contribution in [0, 0.1) is 0 Å². The number of carbonyl (C=O) groups excluding carboxylic acids is 1. The lowest BCUT2D eigenvalue weighted by molar-refractivity contribution is 0.0741. The van der Waals surface area contributed by atoms with Crippen LogP contribution < -0.4 is 5.73 Å². The number of rotatable bonds is 2. The summed E-state index contributed by atoms with van der Waals surface area (Å²) >= 11 is 6.19. The van der Waals surface area contributed by atoms with Gasteiger partial charge < -0.3 is 10.6 Å². The standard InChI is InChI=1S/C15H16ClFN4O/c1-20-6-7-21-13(15(20)22)11(14(18)19-21)8-9-2-3-10(17)4-5-12(9)16/h2,4-5H,3,6-8H2,1H3,(H2,18,19). The fourth-order valence-corrected chi connectivity index (χ4v) is 2.83. The van der Waals surface area contributed by atoms with Crippen molar-refractivity contribution in [2.45, 2.75) is 19.4 Å². The van der Waals surface area contributed by atoms with E-state index in [1.165, 1.54) is 12.2 Å². The molecule has 5 nitrogen and oxygen atoms in total.